The van der Waals surface area contributed by atoms with Crippen LogP contribution in [0.5, 0.6) is 0 Å². The van der Waals surface area contributed by atoms with Gasteiger partial charge >= 0.3 is 14.0 Å². The molecule has 0 heterocycles. The first-order valence-corrected chi connectivity index (χ1v) is 10.6. The fraction of sp³-hybridized carbons (Fsp3) is 0.632. The van der Waals surface area contributed by atoms with Crippen LogP contribution in [0.1, 0.15) is 67.4 Å². The lowest BCUT2D eigenvalue weighted by Crippen LogP contribution is -2.33. The van der Waals surface area contributed by atoms with E-state index in [1.54, 1.807) is 18.2 Å². The molecule has 26 heavy (non-hydrogen) atoms. The van der Waals surface area contributed by atoms with E-state index in [1.165, 1.54) is 6.42 Å². The molecule has 0 spiro atoms. The monoisotopic (exact) mass is 382 g/mol. The molecule has 1 aliphatic rings. The highest BCUT2D eigenvalue weighted by atomic mass is 31.1. The van der Waals surface area contributed by atoms with E-state index in [-0.39, 0.29) is 23.2 Å². The standard InChI is InChI=1S/C19H28NO5P/c1-13(15-8-5-9-16(10-15)19(22)23)20-12-17(21)11-18(26(24)25)14-6-3-2-4-7-14/h5,8-10,13-14,17-18,20-21H,2-4,6-7,11-12H2,1H3,(H-,22,23,24,25)/p+1/t13?,17-,18?/m0/s1. The Kier molecular flexibility index (Phi) is 8.16. The summed E-state index contributed by atoms with van der Waals surface area (Å²) in [7, 11) is -2.30. The summed E-state index contributed by atoms with van der Waals surface area (Å²) in [4.78, 5) is 20.7. The van der Waals surface area contributed by atoms with E-state index < -0.39 is 20.1 Å². The lowest BCUT2D eigenvalue weighted by Gasteiger charge is -2.25. The number of aromatic carboxylic acids is 1. The van der Waals surface area contributed by atoms with Crippen LogP contribution in [0.25, 0.3) is 0 Å². The first-order valence-electron chi connectivity index (χ1n) is 9.28. The number of carboxylic acids is 1. The van der Waals surface area contributed by atoms with E-state index in [1.807, 2.05) is 13.0 Å². The van der Waals surface area contributed by atoms with Crippen LogP contribution < -0.4 is 5.32 Å². The quantitative estimate of drug-likeness (QED) is 0.487. The van der Waals surface area contributed by atoms with Crippen molar-refractivity contribution in [2.75, 3.05) is 6.54 Å². The highest BCUT2D eigenvalue weighted by molar-refractivity contribution is 7.38. The highest BCUT2D eigenvalue weighted by Crippen LogP contribution is 2.40. The van der Waals surface area contributed by atoms with Crippen molar-refractivity contribution >= 4 is 14.0 Å². The summed E-state index contributed by atoms with van der Waals surface area (Å²) in [5.74, 6) is -0.752. The van der Waals surface area contributed by atoms with Gasteiger partial charge in [0.25, 0.3) is 0 Å². The molecule has 1 aromatic rings. The van der Waals surface area contributed by atoms with Gasteiger partial charge in [-0.15, -0.1) is 0 Å². The largest absolute Gasteiger partial charge is 0.509 e. The smallest absolute Gasteiger partial charge is 0.478 e. The number of nitrogens with one attached hydrogen (secondary N) is 1. The number of hydrogen-bond donors (Lipinski definition) is 4. The summed E-state index contributed by atoms with van der Waals surface area (Å²) in [5.41, 5.74) is 0.702. The van der Waals surface area contributed by atoms with Gasteiger partial charge in [-0.05, 0) is 42.0 Å². The van der Waals surface area contributed by atoms with Crippen molar-refractivity contribution in [2.24, 2.45) is 5.92 Å². The number of rotatable bonds is 9. The molecule has 0 radical (unpaired) electrons. The Hall–Kier alpha value is -1.33. The van der Waals surface area contributed by atoms with Crippen molar-refractivity contribution in [3.05, 3.63) is 35.4 Å². The molecule has 1 saturated carbocycles. The second-order valence-corrected chi connectivity index (χ2v) is 8.49. The minimum absolute atomic E-state index is 0.125. The maximum absolute atomic E-state index is 11.8. The van der Waals surface area contributed by atoms with Crippen molar-refractivity contribution < 1.29 is 24.5 Å². The molecule has 3 unspecified atom stereocenters. The van der Waals surface area contributed by atoms with Crippen molar-refractivity contribution in [1.82, 2.24) is 5.32 Å². The summed E-state index contributed by atoms with van der Waals surface area (Å²) < 4.78 is 11.8. The van der Waals surface area contributed by atoms with Gasteiger partial charge in [-0.3, -0.25) is 0 Å². The number of benzene rings is 1. The highest BCUT2D eigenvalue weighted by Gasteiger charge is 2.39. The number of hydrogen-bond acceptors (Lipinski definition) is 4. The fourth-order valence-corrected chi connectivity index (χ4v) is 4.80. The first-order chi connectivity index (χ1) is 12.4. The summed E-state index contributed by atoms with van der Waals surface area (Å²) in [5, 5.41) is 22.6. The molecule has 0 saturated heterocycles. The molecular formula is C19H29NO5P+. The molecule has 0 bridgehead atoms. The van der Waals surface area contributed by atoms with Crippen molar-refractivity contribution in [2.45, 2.75) is 63.3 Å². The van der Waals surface area contributed by atoms with Gasteiger partial charge in [-0.2, -0.15) is 4.89 Å². The van der Waals surface area contributed by atoms with E-state index in [4.69, 9.17) is 5.11 Å². The molecule has 0 aliphatic heterocycles. The molecule has 1 fully saturated rings. The lowest BCUT2D eigenvalue weighted by atomic mass is 9.85. The van der Waals surface area contributed by atoms with E-state index in [0.29, 0.717) is 13.0 Å². The number of carboxylic acid groups (broad SMARTS) is 1. The number of aliphatic hydroxyl groups is 1. The predicted molar refractivity (Wildman–Crippen MR) is 101 cm³/mol. The molecule has 1 aromatic carbocycles. The summed E-state index contributed by atoms with van der Waals surface area (Å²) in [6, 6.07) is 6.57. The second-order valence-electron chi connectivity index (χ2n) is 7.22. The van der Waals surface area contributed by atoms with Crippen LogP contribution in [0.4, 0.5) is 0 Å². The van der Waals surface area contributed by atoms with Crippen LogP contribution in [0.2, 0.25) is 0 Å². The third kappa shape index (κ3) is 6.13. The third-order valence-electron chi connectivity index (χ3n) is 5.28. The zero-order chi connectivity index (χ0) is 19.1. The molecule has 6 nitrogen and oxygen atoms in total. The molecule has 0 amide bonds. The maximum atomic E-state index is 11.8. The average molecular weight is 382 g/mol. The molecular weight excluding hydrogens is 353 g/mol. The van der Waals surface area contributed by atoms with Crippen molar-refractivity contribution in [1.29, 1.82) is 0 Å². The summed E-state index contributed by atoms with van der Waals surface area (Å²) in [6.45, 7) is 2.20. The Morgan fingerprint density at radius 2 is 2.00 bits per heavy atom. The van der Waals surface area contributed by atoms with Gasteiger partial charge in [0.1, 0.15) is 0 Å². The number of aliphatic hydroxyl groups excluding tert-OH is 1. The van der Waals surface area contributed by atoms with Crippen molar-refractivity contribution in [3.8, 4) is 0 Å². The van der Waals surface area contributed by atoms with Gasteiger partial charge < -0.3 is 15.5 Å². The first kappa shape index (κ1) is 21.0. The third-order valence-corrected chi connectivity index (χ3v) is 6.48. The molecule has 0 aromatic heterocycles. The van der Waals surface area contributed by atoms with E-state index in [0.717, 1.165) is 31.2 Å². The van der Waals surface area contributed by atoms with Crippen LogP contribution in [-0.2, 0) is 4.57 Å². The zero-order valence-corrected chi connectivity index (χ0v) is 16.1. The number of carbonyl (C=O) groups is 1. The molecule has 1 aliphatic carbocycles. The van der Waals surface area contributed by atoms with Gasteiger partial charge in [0.05, 0.1) is 11.7 Å². The second kappa shape index (κ2) is 10.1. The molecule has 144 valence electrons. The molecule has 4 atom stereocenters. The van der Waals surface area contributed by atoms with Crippen LogP contribution in [-0.4, -0.2) is 39.4 Å². The Bertz CT molecular complexity index is 618. The fourth-order valence-electron chi connectivity index (χ4n) is 3.72. The van der Waals surface area contributed by atoms with Gasteiger partial charge in [-0.25, -0.2) is 4.79 Å². The van der Waals surface area contributed by atoms with Crippen molar-refractivity contribution in [3.63, 3.8) is 0 Å². The van der Waals surface area contributed by atoms with E-state index >= 15 is 0 Å². The normalized spacial score (nSPS) is 19.6. The van der Waals surface area contributed by atoms with Crippen LogP contribution in [0, 0.1) is 5.92 Å². The van der Waals surface area contributed by atoms with Crippen LogP contribution in [0.15, 0.2) is 24.3 Å². The van der Waals surface area contributed by atoms with Gasteiger partial charge in [0, 0.05) is 24.9 Å². The average Bonchev–Trinajstić information content (AvgIpc) is 2.64. The summed E-state index contributed by atoms with van der Waals surface area (Å²) >= 11 is 0. The topological polar surface area (TPSA) is 107 Å². The van der Waals surface area contributed by atoms with Gasteiger partial charge in [0.2, 0.25) is 0 Å². The lowest BCUT2D eigenvalue weighted by molar-refractivity contribution is 0.0696. The maximum Gasteiger partial charge on any atom is 0.509 e. The Balaban J connectivity index is 1.88. The van der Waals surface area contributed by atoms with Gasteiger partial charge in [0.15, 0.2) is 5.66 Å². The Morgan fingerprint density at radius 3 is 2.62 bits per heavy atom. The molecule has 7 heteroatoms. The SMILES string of the molecule is CC(NC[C@@H](O)CC(C1CCCCC1)[P+](=O)O)c1cccc(C(=O)O)c1. The minimum Gasteiger partial charge on any atom is -0.478 e. The van der Waals surface area contributed by atoms with E-state index in [2.05, 4.69) is 5.32 Å². The van der Waals surface area contributed by atoms with Crippen LogP contribution in [0.3, 0.4) is 0 Å². The Labute approximate surface area is 155 Å². The van der Waals surface area contributed by atoms with Gasteiger partial charge in [-0.1, -0.05) is 31.4 Å². The minimum atomic E-state index is -2.30. The molecule has 2 rings (SSSR count). The molecule has 4 N–H and O–H groups in total. The zero-order valence-electron chi connectivity index (χ0n) is 15.2. The van der Waals surface area contributed by atoms with Crippen LogP contribution >= 0.6 is 8.03 Å². The Morgan fingerprint density at radius 1 is 1.31 bits per heavy atom. The summed E-state index contributed by atoms with van der Waals surface area (Å²) in [6.07, 6.45) is 4.90. The predicted octanol–water partition coefficient (Wildman–Crippen LogP) is 3.47. The van der Waals surface area contributed by atoms with E-state index in [9.17, 15) is 19.4 Å².